The molecule has 1 aliphatic carbocycles. The van der Waals surface area contributed by atoms with E-state index in [1.54, 1.807) is 12.1 Å². The summed E-state index contributed by atoms with van der Waals surface area (Å²) in [4.78, 5) is 16.4. The SMILES string of the molecule is CN1C(=[Se])N(C2CCCC2)C(=O)/C1=C\c1ccc(O)cc1O. The third-order valence-corrected chi connectivity index (χ3v) is 5.28. The minimum absolute atomic E-state index is 0.00517. The number of benzene rings is 1. The van der Waals surface area contributed by atoms with Gasteiger partial charge in [-0.05, 0) is 0 Å². The predicted molar refractivity (Wildman–Crippen MR) is 85.4 cm³/mol. The van der Waals surface area contributed by atoms with Gasteiger partial charge < -0.3 is 0 Å². The molecular formula is C16H18N2O3Se. The molecular weight excluding hydrogens is 347 g/mol. The van der Waals surface area contributed by atoms with Gasteiger partial charge in [0.05, 0.1) is 0 Å². The number of phenolic OH excluding ortho intramolecular Hbond substituents is 2. The number of aromatic hydroxyl groups is 2. The van der Waals surface area contributed by atoms with Crippen LogP contribution in [0.25, 0.3) is 6.08 Å². The van der Waals surface area contributed by atoms with Gasteiger partial charge in [0.2, 0.25) is 0 Å². The van der Waals surface area contributed by atoms with Crippen LogP contribution in [0.15, 0.2) is 23.9 Å². The molecule has 0 radical (unpaired) electrons. The first-order chi connectivity index (χ1) is 10.5. The Morgan fingerprint density at radius 3 is 2.59 bits per heavy atom. The molecule has 2 aliphatic rings. The zero-order valence-electron chi connectivity index (χ0n) is 12.3. The third kappa shape index (κ3) is 2.53. The Hall–Kier alpha value is -1.78. The van der Waals surface area contributed by atoms with Crippen molar-refractivity contribution in [2.24, 2.45) is 0 Å². The number of nitrogens with zero attached hydrogens (tertiary/aromatic N) is 2. The molecule has 116 valence electrons. The Labute approximate surface area is 137 Å². The topological polar surface area (TPSA) is 64.0 Å². The van der Waals surface area contributed by atoms with Crippen molar-refractivity contribution in [2.45, 2.75) is 31.7 Å². The van der Waals surface area contributed by atoms with Gasteiger partial charge in [-0.3, -0.25) is 0 Å². The van der Waals surface area contributed by atoms with Gasteiger partial charge in [-0.2, -0.15) is 0 Å². The van der Waals surface area contributed by atoms with Crippen molar-refractivity contribution >= 4 is 32.2 Å². The van der Waals surface area contributed by atoms with Crippen molar-refractivity contribution in [3.63, 3.8) is 0 Å². The number of carbonyl (C=O) groups excluding carboxylic acids is 1. The van der Waals surface area contributed by atoms with Crippen molar-refractivity contribution in [3.8, 4) is 11.5 Å². The molecule has 2 fully saturated rings. The summed E-state index contributed by atoms with van der Waals surface area (Å²) in [6, 6.07) is 4.60. The zero-order chi connectivity index (χ0) is 15.9. The van der Waals surface area contributed by atoms with E-state index in [0.29, 0.717) is 11.3 Å². The fourth-order valence-corrected chi connectivity index (χ4v) is 3.76. The van der Waals surface area contributed by atoms with Crippen LogP contribution in [-0.4, -0.2) is 59.3 Å². The molecule has 1 saturated heterocycles. The van der Waals surface area contributed by atoms with Crippen LogP contribution in [0, 0.1) is 0 Å². The molecule has 2 N–H and O–H groups in total. The molecule has 1 amide bonds. The van der Waals surface area contributed by atoms with Crippen LogP contribution in [-0.2, 0) is 4.79 Å². The van der Waals surface area contributed by atoms with Crippen molar-refractivity contribution in [1.82, 2.24) is 9.80 Å². The maximum atomic E-state index is 12.7. The van der Waals surface area contributed by atoms with Crippen LogP contribution in [0.5, 0.6) is 11.5 Å². The van der Waals surface area contributed by atoms with Crippen LogP contribution >= 0.6 is 0 Å². The number of phenols is 2. The monoisotopic (exact) mass is 366 g/mol. The van der Waals surface area contributed by atoms with E-state index < -0.39 is 0 Å². The molecule has 1 heterocycles. The molecule has 3 rings (SSSR count). The number of carbonyl (C=O) groups is 1. The van der Waals surface area contributed by atoms with Gasteiger partial charge >= 0.3 is 137 Å². The fourth-order valence-electron chi connectivity index (χ4n) is 3.06. The number of hydrogen-bond acceptors (Lipinski definition) is 4. The van der Waals surface area contributed by atoms with E-state index >= 15 is 0 Å². The average molecular weight is 365 g/mol. The fraction of sp³-hybridized carbons (Fsp3) is 0.375. The molecule has 1 saturated carbocycles. The first-order valence-corrected chi connectivity index (χ1v) is 8.19. The first kappa shape index (κ1) is 15.1. The molecule has 0 unspecified atom stereocenters. The number of rotatable bonds is 2. The summed E-state index contributed by atoms with van der Waals surface area (Å²) >= 11 is 2.99. The molecule has 5 nitrogen and oxygen atoms in total. The molecule has 1 aromatic rings. The Morgan fingerprint density at radius 1 is 1.27 bits per heavy atom. The van der Waals surface area contributed by atoms with Gasteiger partial charge in [0.15, 0.2) is 0 Å². The summed E-state index contributed by atoms with van der Waals surface area (Å²) in [6.45, 7) is 0. The van der Waals surface area contributed by atoms with Gasteiger partial charge in [0, 0.05) is 0 Å². The standard InChI is InChI=1S/C16H18N2O3Se/c1-17-13(8-10-6-7-12(19)9-14(10)20)15(21)18(16(17)22)11-4-2-3-5-11/h6-9,11,19-20H,2-5H2,1H3/b13-8+. The summed E-state index contributed by atoms with van der Waals surface area (Å²) in [5, 5.41) is 19.3. The van der Waals surface area contributed by atoms with E-state index in [1.165, 1.54) is 12.1 Å². The second-order valence-electron chi connectivity index (χ2n) is 5.73. The summed E-state index contributed by atoms with van der Waals surface area (Å²) in [5.41, 5.74) is 1.02. The zero-order valence-corrected chi connectivity index (χ0v) is 14.0. The van der Waals surface area contributed by atoms with Crippen molar-refractivity contribution in [3.05, 3.63) is 29.5 Å². The molecule has 0 spiro atoms. The van der Waals surface area contributed by atoms with Crippen LogP contribution in [0.3, 0.4) is 0 Å². The average Bonchev–Trinajstić information content (AvgIpc) is 3.05. The first-order valence-electron chi connectivity index (χ1n) is 7.34. The Morgan fingerprint density at radius 2 is 1.95 bits per heavy atom. The van der Waals surface area contributed by atoms with Gasteiger partial charge in [-0.15, -0.1) is 0 Å². The second-order valence-corrected chi connectivity index (χ2v) is 6.49. The van der Waals surface area contributed by atoms with Crippen LogP contribution < -0.4 is 0 Å². The Balaban J connectivity index is 1.94. The molecule has 0 aromatic heterocycles. The van der Waals surface area contributed by atoms with E-state index in [-0.39, 0.29) is 23.4 Å². The molecule has 0 bridgehead atoms. The predicted octanol–water partition coefficient (Wildman–Crippen LogP) is 1.41. The third-order valence-electron chi connectivity index (χ3n) is 4.29. The molecule has 1 aliphatic heterocycles. The summed E-state index contributed by atoms with van der Waals surface area (Å²) in [5.74, 6) is -0.0975. The van der Waals surface area contributed by atoms with Crippen molar-refractivity contribution in [1.29, 1.82) is 0 Å². The molecule has 22 heavy (non-hydrogen) atoms. The number of hydrogen-bond donors (Lipinski definition) is 2. The number of amides is 1. The summed E-state index contributed by atoms with van der Waals surface area (Å²) in [7, 11) is 1.84. The van der Waals surface area contributed by atoms with Crippen molar-refractivity contribution in [2.75, 3.05) is 7.05 Å². The van der Waals surface area contributed by atoms with E-state index in [0.717, 1.165) is 30.3 Å². The second kappa shape index (κ2) is 5.78. The van der Waals surface area contributed by atoms with Gasteiger partial charge in [0.1, 0.15) is 0 Å². The van der Waals surface area contributed by atoms with Gasteiger partial charge in [-0.1, -0.05) is 0 Å². The summed E-state index contributed by atoms with van der Waals surface area (Å²) in [6.07, 6.45) is 6.03. The van der Waals surface area contributed by atoms with E-state index in [2.05, 4.69) is 15.6 Å². The molecule has 1 aromatic carbocycles. The molecule has 6 heteroatoms. The Kier molecular flexibility index (Phi) is 3.98. The molecule has 0 atom stereocenters. The van der Waals surface area contributed by atoms with E-state index in [4.69, 9.17) is 0 Å². The Bertz CT molecular complexity index is 665. The normalized spacial score (nSPS) is 21.4. The summed E-state index contributed by atoms with van der Waals surface area (Å²) < 4.78 is 0.807. The van der Waals surface area contributed by atoms with Crippen LogP contribution in [0.2, 0.25) is 0 Å². The maximum absolute atomic E-state index is 12.7. The van der Waals surface area contributed by atoms with E-state index in [9.17, 15) is 15.0 Å². The minimum atomic E-state index is -0.0466. The number of likely N-dealkylation sites (N-methyl/N-ethyl adjacent to an activating group) is 1. The quantitative estimate of drug-likeness (QED) is 0.615. The van der Waals surface area contributed by atoms with Crippen molar-refractivity contribution < 1.29 is 15.0 Å². The van der Waals surface area contributed by atoms with E-state index in [1.807, 2.05) is 16.8 Å². The van der Waals surface area contributed by atoms with Gasteiger partial charge in [0.25, 0.3) is 0 Å². The van der Waals surface area contributed by atoms with Crippen LogP contribution in [0.4, 0.5) is 0 Å². The van der Waals surface area contributed by atoms with Crippen LogP contribution in [0.1, 0.15) is 31.2 Å². The van der Waals surface area contributed by atoms with Gasteiger partial charge in [-0.25, -0.2) is 0 Å².